The van der Waals surface area contributed by atoms with Crippen LogP contribution < -0.4 is 5.32 Å². The van der Waals surface area contributed by atoms with Gasteiger partial charge >= 0.3 is 0 Å². The third-order valence-corrected chi connectivity index (χ3v) is 4.55. The van der Waals surface area contributed by atoms with Crippen molar-refractivity contribution in [2.45, 2.75) is 38.9 Å². The molecule has 2 aliphatic heterocycles. The van der Waals surface area contributed by atoms with Crippen LogP contribution in [0.25, 0.3) is 0 Å². The van der Waals surface area contributed by atoms with Gasteiger partial charge in [0.15, 0.2) is 0 Å². The summed E-state index contributed by atoms with van der Waals surface area (Å²) in [6.07, 6.45) is 2.41. The van der Waals surface area contributed by atoms with E-state index in [0.29, 0.717) is 12.0 Å². The van der Waals surface area contributed by atoms with Gasteiger partial charge in [0.25, 0.3) is 0 Å². The normalized spacial score (nSPS) is 23.9. The van der Waals surface area contributed by atoms with Gasteiger partial charge in [-0.1, -0.05) is 31.2 Å². The monoisotopic (exact) mass is 274 g/mol. The van der Waals surface area contributed by atoms with E-state index in [1.165, 1.54) is 24.0 Å². The van der Waals surface area contributed by atoms with Crippen LogP contribution in [0.3, 0.4) is 0 Å². The quantitative estimate of drug-likeness (QED) is 0.862. The zero-order valence-corrected chi connectivity index (χ0v) is 12.5. The first-order chi connectivity index (χ1) is 9.86. The number of hydrogen-bond donors (Lipinski definition) is 1. The summed E-state index contributed by atoms with van der Waals surface area (Å²) >= 11 is 0. The topological polar surface area (TPSA) is 24.5 Å². The largest absolute Gasteiger partial charge is 0.381 e. The molecule has 0 radical (unpaired) electrons. The van der Waals surface area contributed by atoms with Gasteiger partial charge < -0.3 is 10.1 Å². The summed E-state index contributed by atoms with van der Waals surface area (Å²) in [5.41, 5.74) is 3.01. The van der Waals surface area contributed by atoms with E-state index in [1.54, 1.807) is 0 Å². The van der Waals surface area contributed by atoms with Gasteiger partial charge in [-0.2, -0.15) is 0 Å². The average Bonchev–Trinajstić information content (AvgIpc) is 3.11. The van der Waals surface area contributed by atoms with Crippen molar-refractivity contribution in [1.82, 2.24) is 10.2 Å². The van der Waals surface area contributed by atoms with Crippen LogP contribution in [0.2, 0.25) is 0 Å². The Morgan fingerprint density at radius 1 is 1.30 bits per heavy atom. The smallest absolute Gasteiger partial charge is 0.0510 e. The molecule has 0 bridgehead atoms. The lowest BCUT2D eigenvalue weighted by Gasteiger charge is -2.28. The third kappa shape index (κ3) is 3.22. The predicted octanol–water partition coefficient (Wildman–Crippen LogP) is 2.41. The van der Waals surface area contributed by atoms with E-state index in [0.717, 1.165) is 39.4 Å². The second kappa shape index (κ2) is 6.70. The van der Waals surface area contributed by atoms with E-state index in [4.69, 9.17) is 4.74 Å². The van der Waals surface area contributed by atoms with Crippen LogP contribution in [0.4, 0.5) is 0 Å². The van der Waals surface area contributed by atoms with Crippen LogP contribution in [-0.4, -0.2) is 37.2 Å². The van der Waals surface area contributed by atoms with E-state index in [1.807, 2.05) is 0 Å². The average molecular weight is 274 g/mol. The van der Waals surface area contributed by atoms with Crippen molar-refractivity contribution >= 4 is 0 Å². The van der Waals surface area contributed by atoms with Crippen LogP contribution in [-0.2, 0) is 17.8 Å². The van der Waals surface area contributed by atoms with Gasteiger partial charge in [-0.3, -0.25) is 4.90 Å². The molecule has 1 aromatic carbocycles. The molecule has 3 rings (SSSR count). The number of rotatable bonds is 6. The van der Waals surface area contributed by atoms with Gasteiger partial charge in [0.05, 0.1) is 6.61 Å². The zero-order chi connectivity index (χ0) is 13.8. The maximum atomic E-state index is 5.59. The maximum Gasteiger partial charge on any atom is 0.0510 e. The van der Waals surface area contributed by atoms with Crippen molar-refractivity contribution in [3.05, 3.63) is 35.4 Å². The van der Waals surface area contributed by atoms with Crippen LogP contribution in [0.5, 0.6) is 0 Å². The minimum atomic E-state index is 0.576. The summed E-state index contributed by atoms with van der Waals surface area (Å²) in [4.78, 5) is 2.58. The standard InChI is InChI=1S/C17H26N2O/c1-2-8-18-17(16-7-9-20-13-16)12-19-10-14-5-3-4-6-15(14)11-19/h3-6,16-18H,2,7-13H2,1H3. The molecule has 2 heterocycles. The van der Waals surface area contributed by atoms with E-state index >= 15 is 0 Å². The molecule has 1 N–H and O–H groups in total. The van der Waals surface area contributed by atoms with Crippen molar-refractivity contribution < 1.29 is 4.74 Å². The molecule has 1 fully saturated rings. The van der Waals surface area contributed by atoms with Gasteiger partial charge in [0.2, 0.25) is 0 Å². The van der Waals surface area contributed by atoms with E-state index in [2.05, 4.69) is 41.4 Å². The first-order valence-corrected chi connectivity index (χ1v) is 7.97. The van der Waals surface area contributed by atoms with E-state index in [9.17, 15) is 0 Å². The number of ether oxygens (including phenoxy) is 1. The molecule has 1 aromatic rings. The Labute approximate surface area is 122 Å². The van der Waals surface area contributed by atoms with Crippen molar-refractivity contribution in [2.75, 3.05) is 26.3 Å². The van der Waals surface area contributed by atoms with Crippen molar-refractivity contribution in [3.8, 4) is 0 Å². The second-order valence-corrected chi connectivity index (χ2v) is 6.12. The molecule has 110 valence electrons. The summed E-state index contributed by atoms with van der Waals surface area (Å²) in [7, 11) is 0. The Hall–Kier alpha value is -0.900. The summed E-state index contributed by atoms with van der Waals surface area (Å²) < 4.78 is 5.59. The Kier molecular flexibility index (Phi) is 4.71. The SMILES string of the molecule is CCCNC(CN1Cc2ccccc2C1)C1CCOC1. The maximum absolute atomic E-state index is 5.59. The lowest BCUT2D eigenvalue weighted by Crippen LogP contribution is -2.45. The van der Waals surface area contributed by atoms with Crippen molar-refractivity contribution in [1.29, 1.82) is 0 Å². The molecule has 0 aliphatic carbocycles. The minimum absolute atomic E-state index is 0.576. The summed E-state index contributed by atoms with van der Waals surface area (Å²) in [5, 5.41) is 3.74. The fourth-order valence-corrected chi connectivity index (χ4v) is 3.39. The van der Waals surface area contributed by atoms with Crippen LogP contribution >= 0.6 is 0 Å². The predicted molar refractivity (Wildman–Crippen MR) is 81.6 cm³/mol. The molecule has 20 heavy (non-hydrogen) atoms. The number of hydrogen-bond acceptors (Lipinski definition) is 3. The van der Waals surface area contributed by atoms with Crippen molar-refractivity contribution in [2.24, 2.45) is 5.92 Å². The lowest BCUT2D eigenvalue weighted by atomic mass is 9.98. The highest BCUT2D eigenvalue weighted by Gasteiger charge is 2.28. The number of nitrogens with one attached hydrogen (secondary N) is 1. The van der Waals surface area contributed by atoms with Crippen molar-refractivity contribution in [3.63, 3.8) is 0 Å². The molecule has 2 aliphatic rings. The number of nitrogens with zero attached hydrogens (tertiary/aromatic N) is 1. The molecule has 2 atom stereocenters. The summed E-state index contributed by atoms with van der Waals surface area (Å²) in [5.74, 6) is 0.685. The first kappa shape index (κ1) is 14.1. The van der Waals surface area contributed by atoms with E-state index < -0.39 is 0 Å². The Bertz CT molecular complexity index is 404. The molecule has 2 unspecified atom stereocenters. The molecular formula is C17H26N2O. The zero-order valence-electron chi connectivity index (χ0n) is 12.5. The first-order valence-electron chi connectivity index (χ1n) is 7.97. The van der Waals surface area contributed by atoms with Gasteiger partial charge in [-0.15, -0.1) is 0 Å². The molecule has 0 spiro atoms. The number of benzene rings is 1. The van der Waals surface area contributed by atoms with Gasteiger partial charge in [-0.05, 0) is 30.5 Å². The molecule has 0 aromatic heterocycles. The molecular weight excluding hydrogens is 248 g/mol. The molecule has 0 saturated carbocycles. The van der Waals surface area contributed by atoms with Gasteiger partial charge in [-0.25, -0.2) is 0 Å². The third-order valence-electron chi connectivity index (χ3n) is 4.55. The van der Waals surface area contributed by atoms with E-state index in [-0.39, 0.29) is 0 Å². The number of fused-ring (bicyclic) bond motifs is 1. The highest BCUT2D eigenvalue weighted by molar-refractivity contribution is 5.30. The van der Waals surface area contributed by atoms with Gasteiger partial charge in [0.1, 0.15) is 0 Å². The molecule has 1 saturated heterocycles. The Balaban J connectivity index is 1.59. The summed E-state index contributed by atoms with van der Waals surface area (Å²) in [6.45, 7) is 8.57. The lowest BCUT2D eigenvalue weighted by molar-refractivity contribution is 0.160. The Morgan fingerprint density at radius 2 is 2.05 bits per heavy atom. The minimum Gasteiger partial charge on any atom is -0.381 e. The molecule has 3 heteroatoms. The Morgan fingerprint density at radius 3 is 2.65 bits per heavy atom. The summed E-state index contributed by atoms with van der Waals surface area (Å²) in [6, 6.07) is 9.41. The van der Waals surface area contributed by atoms with Crippen LogP contribution in [0.15, 0.2) is 24.3 Å². The van der Waals surface area contributed by atoms with Crippen LogP contribution in [0, 0.1) is 5.92 Å². The highest BCUT2D eigenvalue weighted by Crippen LogP contribution is 2.24. The molecule has 0 amide bonds. The van der Waals surface area contributed by atoms with Crippen LogP contribution in [0.1, 0.15) is 30.9 Å². The fourth-order valence-electron chi connectivity index (χ4n) is 3.39. The highest BCUT2D eigenvalue weighted by atomic mass is 16.5. The second-order valence-electron chi connectivity index (χ2n) is 6.12. The fraction of sp³-hybridized carbons (Fsp3) is 0.647. The van der Waals surface area contributed by atoms with Gasteiger partial charge in [0, 0.05) is 38.2 Å². The molecule has 3 nitrogen and oxygen atoms in total.